The van der Waals surface area contributed by atoms with Crippen LogP contribution >= 0.6 is 31.9 Å². The first-order chi connectivity index (χ1) is 16.9. The van der Waals surface area contributed by atoms with E-state index in [1.807, 2.05) is 60.8 Å². The number of aromatic nitrogens is 1. The summed E-state index contributed by atoms with van der Waals surface area (Å²) in [6.45, 7) is 0.386. The number of fused-ring (bicyclic) bond motifs is 1. The van der Waals surface area contributed by atoms with Crippen LogP contribution in [-0.2, 0) is 16.1 Å². The third kappa shape index (κ3) is 6.17. The molecule has 0 atom stereocenters. The van der Waals surface area contributed by atoms with Crippen LogP contribution in [0.1, 0.15) is 21.5 Å². The predicted molar refractivity (Wildman–Crippen MR) is 142 cm³/mol. The maximum absolute atomic E-state index is 12.2. The van der Waals surface area contributed by atoms with Gasteiger partial charge in [0.15, 0.2) is 6.61 Å². The van der Waals surface area contributed by atoms with Crippen molar-refractivity contribution in [3.8, 4) is 5.75 Å². The minimum atomic E-state index is -0.376. The second-order valence-electron chi connectivity index (χ2n) is 7.58. The minimum absolute atomic E-state index is 0.171. The number of hydrazone groups is 1. The quantitative estimate of drug-likeness (QED) is 0.164. The number of esters is 1. The highest BCUT2D eigenvalue weighted by molar-refractivity contribution is 9.11. The van der Waals surface area contributed by atoms with Crippen molar-refractivity contribution in [2.75, 3.05) is 13.7 Å². The molecule has 7 nitrogen and oxygen atoms in total. The molecule has 35 heavy (non-hydrogen) atoms. The monoisotopic (exact) mass is 597 g/mol. The lowest BCUT2D eigenvalue weighted by atomic mass is 10.1. The lowest BCUT2D eigenvalue weighted by molar-refractivity contribution is -0.123. The van der Waals surface area contributed by atoms with Crippen LogP contribution in [0.15, 0.2) is 87.0 Å². The molecule has 0 aliphatic rings. The van der Waals surface area contributed by atoms with Crippen molar-refractivity contribution >= 4 is 60.9 Å². The highest BCUT2D eigenvalue weighted by Crippen LogP contribution is 2.28. The molecule has 0 unspecified atom stereocenters. The second kappa shape index (κ2) is 11.3. The Balaban J connectivity index is 1.45. The second-order valence-corrected chi connectivity index (χ2v) is 9.35. The summed E-state index contributed by atoms with van der Waals surface area (Å²) in [5.74, 6) is -0.185. The first-order valence-corrected chi connectivity index (χ1v) is 12.2. The van der Waals surface area contributed by atoms with Crippen LogP contribution in [0.3, 0.4) is 0 Å². The SMILES string of the molecule is COC(=O)c1cccc(Cn2cc(/C=N/NC(=O)COc3ccc(Br)cc3Br)c3ccccc32)c1. The summed E-state index contributed by atoms with van der Waals surface area (Å²) in [5, 5.41) is 5.10. The van der Waals surface area contributed by atoms with E-state index in [4.69, 9.17) is 9.47 Å². The fourth-order valence-corrected chi connectivity index (χ4v) is 4.72. The third-order valence-electron chi connectivity index (χ3n) is 5.17. The van der Waals surface area contributed by atoms with Crippen molar-refractivity contribution in [1.82, 2.24) is 9.99 Å². The van der Waals surface area contributed by atoms with Crippen molar-refractivity contribution in [1.29, 1.82) is 0 Å². The molecule has 4 aromatic rings. The summed E-state index contributed by atoms with van der Waals surface area (Å²) >= 11 is 6.78. The van der Waals surface area contributed by atoms with Crippen LogP contribution in [-0.4, -0.2) is 36.4 Å². The van der Waals surface area contributed by atoms with E-state index in [0.29, 0.717) is 17.9 Å². The molecule has 0 aliphatic heterocycles. The van der Waals surface area contributed by atoms with Gasteiger partial charge in [-0.1, -0.05) is 46.3 Å². The first kappa shape index (κ1) is 24.7. The molecule has 1 heterocycles. The molecule has 3 aromatic carbocycles. The van der Waals surface area contributed by atoms with E-state index in [1.165, 1.54) is 7.11 Å². The van der Waals surface area contributed by atoms with Gasteiger partial charge in [0.2, 0.25) is 0 Å². The zero-order valence-electron chi connectivity index (χ0n) is 18.7. The van der Waals surface area contributed by atoms with Crippen LogP contribution in [0.4, 0.5) is 0 Å². The Morgan fingerprint density at radius 3 is 2.69 bits per heavy atom. The zero-order valence-corrected chi connectivity index (χ0v) is 21.9. The molecule has 1 amide bonds. The zero-order chi connectivity index (χ0) is 24.8. The van der Waals surface area contributed by atoms with E-state index in [2.05, 4.69) is 47.0 Å². The number of nitrogens with one attached hydrogen (secondary N) is 1. The largest absolute Gasteiger partial charge is 0.483 e. The fraction of sp³-hybridized carbons (Fsp3) is 0.115. The van der Waals surface area contributed by atoms with Gasteiger partial charge in [-0.3, -0.25) is 4.79 Å². The van der Waals surface area contributed by atoms with Crippen molar-refractivity contribution in [2.45, 2.75) is 6.54 Å². The molecule has 0 fully saturated rings. The smallest absolute Gasteiger partial charge is 0.337 e. The van der Waals surface area contributed by atoms with Crippen LogP contribution in [0.25, 0.3) is 10.9 Å². The Labute approximate surface area is 219 Å². The van der Waals surface area contributed by atoms with Gasteiger partial charge in [0, 0.05) is 33.7 Å². The van der Waals surface area contributed by atoms with E-state index < -0.39 is 0 Å². The van der Waals surface area contributed by atoms with Gasteiger partial charge in [-0.15, -0.1) is 0 Å². The summed E-state index contributed by atoms with van der Waals surface area (Å²) in [6, 6.07) is 20.7. The predicted octanol–water partition coefficient (Wildman–Crippen LogP) is 5.53. The Bertz CT molecular complexity index is 1420. The Hall–Kier alpha value is -3.43. The lowest BCUT2D eigenvalue weighted by Crippen LogP contribution is -2.24. The number of carbonyl (C=O) groups excluding carboxylic acids is 2. The highest BCUT2D eigenvalue weighted by Gasteiger charge is 2.10. The van der Waals surface area contributed by atoms with Crippen molar-refractivity contribution < 1.29 is 19.1 Å². The summed E-state index contributed by atoms with van der Waals surface area (Å²) < 4.78 is 14.1. The van der Waals surface area contributed by atoms with E-state index in [1.54, 1.807) is 18.3 Å². The highest BCUT2D eigenvalue weighted by atomic mass is 79.9. The number of nitrogens with zero attached hydrogens (tertiary/aromatic N) is 2. The van der Waals surface area contributed by atoms with Gasteiger partial charge in [0.25, 0.3) is 5.91 Å². The van der Waals surface area contributed by atoms with Gasteiger partial charge < -0.3 is 14.0 Å². The van der Waals surface area contributed by atoms with Gasteiger partial charge in [0.1, 0.15) is 5.75 Å². The van der Waals surface area contributed by atoms with Crippen molar-refractivity contribution in [2.24, 2.45) is 5.10 Å². The van der Waals surface area contributed by atoms with Gasteiger partial charge in [-0.25, -0.2) is 10.2 Å². The maximum atomic E-state index is 12.2. The number of hydrogen-bond acceptors (Lipinski definition) is 5. The molecule has 0 aliphatic carbocycles. The number of methoxy groups -OCH3 is 1. The number of rotatable bonds is 8. The molecular weight excluding hydrogens is 578 g/mol. The maximum Gasteiger partial charge on any atom is 0.337 e. The fourth-order valence-electron chi connectivity index (χ4n) is 3.56. The number of amides is 1. The van der Waals surface area contributed by atoms with Gasteiger partial charge in [0.05, 0.1) is 23.4 Å². The number of para-hydroxylation sites is 1. The third-order valence-corrected chi connectivity index (χ3v) is 6.28. The lowest BCUT2D eigenvalue weighted by Gasteiger charge is -2.07. The molecule has 0 spiro atoms. The average Bonchev–Trinajstić information content (AvgIpc) is 3.20. The topological polar surface area (TPSA) is 81.9 Å². The number of hydrogen-bond donors (Lipinski definition) is 1. The van der Waals surface area contributed by atoms with Crippen LogP contribution in [0.5, 0.6) is 5.75 Å². The molecule has 0 saturated carbocycles. The van der Waals surface area contributed by atoms with E-state index in [-0.39, 0.29) is 18.5 Å². The van der Waals surface area contributed by atoms with E-state index in [0.717, 1.165) is 31.0 Å². The van der Waals surface area contributed by atoms with Crippen molar-refractivity contribution in [3.63, 3.8) is 0 Å². The number of carbonyl (C=O) groups is 2. The molecule has 0 radical (unpaired) electrons. The molecule has 9 heteroatoms. The van der Waals surface area contributed by atoms with Crippen LogP contribution in [0.2, 0.25) is 0 Å². The Morgan fingerprint density at radius 1 is 1.06 bits per heavy atom. The van der Waals surface area contributed by atoms with Gasteiger partial charge in [-0.2, -0.15) is 5.10 Å². The van der Waals surface area contributed by atoms with Gasteiger partial charge in [-0.05, 0) is 57.9 Å². The molecular formula is C26H21Br2N3O4. The number of halogens is 2. The van der Waals surface area contributed by atoms with Crippen LogP contribution < -0.4 is 10.2 Å². The normalized spacial score (nSPS) is 11.1. The summed E-state index contributed by atoms with van der Waals surface area (Å²) in [6.07, 6.45) is 3.57. The van der Waals surface area contributed by atoms with Gasteiger partial charge >= 0.3 is 5.97 Å². The minimum Gasteiger partial charge on any atom is -0.483 e. The van der Waals surface area contributed by atoms with E-state index >= 15 is 0 Å². The summed E-state index contributed by atoms with van der Waals surface area (Å²) in [4.78, 5) is 24.1. The molecule has 1 N–H and O–H groups in total. The number of ether oxygens (including phenoxy) is 2. The standard InChI is InChI=1S/C26H21Br2N3O4/c1-34-26(33)18-6-4-5-17(11-18)14-31-15-19(21-7-2-3-8-23(21)31)13-29-30-25(32)16-35-24-10-9-20(27)12-22(24)28/h2-13,15H,14,16H2,1H3,(H,30,32)/b29-13+. The molecule has 1 aromatic heterocycles. The molecule has 4 rings (SSSR count). The Morgan fingerprint density at radius 2 is 1.89 bits per heavy atom. The average molecular weight is 599 g/mol. The summed E-state index contributed by atoms with van der Waals surface area (Å²) in [7, 11) is 1.37. The Kier molecular flexibility index (Phi) is 7.99. The van der Waals surface area contributed by atoms with Crippen LogP contribution in [0, 0.1) is 0 Å². The number of benzene rings is 3. The summed E-state index contributed by atoms with van der Waals surface area (Å²) in [5.41, 5.74) is 5.82. The molecule has 178 valence electrons. The molecule has 0 saturated heterocycles. The van der Waals surface area contributed by atoms with Crippen molar-refractivity contribution in [3.05, 3.63) is 98.6 Å². The van der Waals surface area contributed by atoms with E-state index in [9.17, 15) is 9.59 Å². The molecule has 0 bridgehead atoms. The first-order valence-electron chi connectivity index (χ1n) is 10.6.